The van der Waals surface area contributed by atoms with Gasteiger partial charge in [-0.15, -0.1) is 0 Å². The normalized spacial score (nSPS) is 11.5. The molecule has 0 aromatic heterocycles. The number of fused-ring (bicyclic) bond motifs is 4. The number of hydrogen-bond acceptors (Lipinski definition) is 0. The largest absolute Gasteiger partial charge is 0.0622 e. The van der Waals surface area contributed by atoms with Crippen molar-refractivity contribution in [1.82, 2.24) is 0 Å². The Bertz CT molecular complexity index is 2870. The summed E-state index contributed by atoms with van der Waals surface area (Å²) >= 11 is 0. The second-order valence-electron chi connectivity index (χ2n) is 13.6. The van der Waals surface area contributed by atoms with Crippen molar-refractivity contribution in [2.24, 2.45) is 0 Å². The molecule has 10 aromatic rings. The Hall–Kier alpha value is -6.76. The van der Waals surface area contributed by atoms with Crippen LogP contribution in [-0.4, -0.2) is 0 Å². The van der Waals surface area contributed by atoms with E-state index in [9.17, 15) is 0 Å². The fourth-order valence-electron chi connectivity index (χ4n) is 8.20. The monoisotopic (exact) mass is 658 g/mol. The lowest BCUT2D eigenvalue weighted by molar-refractivity contribution is 1.58. The maximum absolute atomic E-state index is 2.39. The molecule has 0 aliphatic rings. The lowest BCUT2D eigenvalue weighted by Crippen LogP contribution is -1.92. The van der Waals surface area contributed by atoms with Gasteiger partial charge in [0.05, 0.1) is 0 Å². The SMILES string of the molecule is c1ccc(-c2ccc(-c3ccccc3-c3ccc4ccc(-c5c6ccccc6c(-c6cccc7ccccc67)c6ccccc56)cc4c3)cc2)cc1. The van der Waals surface area contributed by atoms with Gasteiger partial charge in [-0.05, 0) is 111 Å². The minimum Gasteiger partial charge on any atom is -0.0622 e. The topological polar surface area (TPSA) is 0 Å². The molecule has 0 heteroatoms. The van der Waals surface area contributed by atoms with Crippen LogP contribution in [0.4, 0.5) is 0 Å². The third-order valence-electron chi connectivity index (χ3n) is 10.7. The van der Waals surface area contributed by atoms with E-state index in [0.29, 0.717) is 0 Å². The van der Waals surface area contributed by atoms with Gasteiger partial charge in [0.1, 0.15) is 0 Å². The molecule has 0 atom stereocenters. The number of hydrogen-bond donors (Lipinski definition) is 0. The summed E-state index contributed by atoms with van der Waals surface area (Å²) in [4.78, 5) is 0. The second kappa shape index (κ2) is 12.5. The van der Waals surface area contributed by atoms with Gasteiger partial charge in [-0.1, -0.05) is 194 Å². The Morgan fingerprint density at radius 2 is 0.635 bits per heavy atom. The predicted octanol–water partition coefficient (Wildman–Crippen LogP) is 14.6. The maximum Gasteiger partial charge on any atom is -0.00201 e. The van der Waals surface area contributed by atoms with Crippen molar-refractivity contribution in [2.75, 3.05) is 0 Å². The van der Waals surface area contributed by atoms with E-state index in [2.05, 4.69) is 206 Å². The smallest absolute Gasteiger partial charge is 0.00201 e. The van der Waals surface area contributed by atoms with Crippen LogP contribution in [-0.2, 0) is 0 Å². The van der Waals surface area contributed by atoms with E-state index in [4.69, 9.17) is 0 Å². The van der Waals surface area contributed by atoms with Gasteiger partial charge in [-0.25, -0.2) is 0 Å². The molecule has 0 heterocycles. The molecule has 10 aromatic carbocycles. The third kappa shape index (κ3) is 5.08. The van der Waals surface area contributed by atoms with Crippen molar-refractivity contribution < 1.29 is 0 Å². The molecule has 0 aliphatic carbocycles. The maximum atomic E-state index is 2.39. The van der Waals surface area contributed by atoms with Crippen LogP contribution in [0, 0.1) is 0 Å². The Morgan fingerprint density at radius 1 is 0.192 bits per heavy atom. The van der Waals surface area contributed by atoms with Crippen LogP contribution in [0.5, 0.6) is 0 Å². The van der Waals surface area contributed by atoms with Gasteiger partial charge in [0.25, 0.3) is 0 Å². The van der Waals surface area contributed by atoms with Gasteiger partial charge in [-0.3, -0.25) is 0 Å². The van der Waals surface area contributed by atoms with Crippen molar-refractivity contribution in [3.05, 3.63) is 206 Å². The Kier molecular flexibility index (Phi) is 7.25. The van der Waals surface area contributed by atoms with Gasteiger partial charge in [0.15, 0.2) is 0 Å². The first-order valence-electron chi connectivity index (χ1n) is 18.0. The molecule has 0 amide bonds. The van der Waals surface area contributed by atoms with E-state index in [1.165, 1.54) is 98.7 Å². The van der Waals surface area contributed by atoms with Crippen LogP contribution in [0.15, 0.2) is 206 Å². The van der Waals surface area contributed by atoms with Crippen LogP contribution in [0.3, 0.4) is 0 Å². The summed E-state index contributed by atoms with van der Waals surface area (Å²) in [6.45, 7) is 0. The van der Waals surface area contributed by atoms with Gasteiger partial charge in [-0.2, -0.15) is 0 Å². The molecule has 0 unspecified atom stereocenters. The molecule has 0 saturated heterocycles. The average molecular weight is 659 g/mol. The molecular formula is C52H34. The highest BCUT2D eigenvalue weighted by atomic mass is 14.2. The van der Waals surface area contributed by atoms with Crippen molar-refractivity contribution in [2.45, 2.75) is 0 Å². The fourth-order valence-corrected chi connectivity index (χ4v) is 8.20. The Morgan fingerprint density at radius 3 is 1.33 bits per heavy atom. The molecule has 242 valence electrons. The van der Waals surface area contributed by atoms with E-state index in [-0.39, 0.29) is 0 Å². The minimum absolute atomic E-state index is 1.22. The molecule has 0 spiro atoms. The third-order valence-corrected chi connectivity index (χ3v) is 10.7. The van der Waals surface area contributed by atoms with Crippen LogP contribution in [0.25, 0.3) is 98.7 Å². The summed E-state index contributed by atoms with van der Waals surface area (Å²) < 4.78 is 0. The fraction of sp³-hybridized carbons (Fsp3) is 0. The lowest BCUT2D eigenvalue weighted by atomic mass is 9.84. The Balaban J connectivity index is 1.13. The molecule has 0 aliphatic heterocycles. The van der Waals surface area contributed by atoms with Crippen molar-refractivity contribution in [3.8, 4) is 55.6 Å². The predicted molar refractivity (Wildman–Crippen MR) is 224 cm³/mol. The van der Waals surface area contributed by atoms with E-state index in [1.54, 1.807) is 0 Å². The van der Waals surface area contributed by atoms with Gasteiger partial charge in [0.2, 0.25) is 0 Å². The van der Waals surface area contributed by atoms with Crippen molar-refractivity contribution in [1.29, 1.82) is 0 Å². The van der Waals surface area contributed by atoms with Crippen LogP contribution in [0.1, 0.15) is 0 Å². The number of benzene rings is 10. The molecule has 0 N–H and O–H groups in total. The molecule has 0 radical (unpaired) electrons. The quantitative estimate of drug-likeness (QED) is 0.161. The zero-order valence-corrected chi connectivity index (χ0v) is 28.6. The Labute approximate surface area is 303 Å². The summed E-state index contributed by atoms with van der Waals surface area (Å²) in [5.41, 5.74) is 12.4. The molecule has 0 saturated carbocycles. The first-order valence-corrected chi connectivity index (χ1v) is 18.0. The van der Waals surface area contributed by atoms with Crippen molar-refractivity contribution in [3.63, 3.8) is 0 Å². The van der Waals surface area contributed by atoms with E-state index >= 15 is 0 Å². The molecule has 10 rings (SSSR count). The summed E-state index contributed by atoms with van der Waals surface area (Å²) in [5, 5.41) is 10.1. The summed E-state index contributed by atoms with van der Waals surface area (Å²) in [7, 11) is 0. The minimum atomic E-state index is 1.22. The van der Waals surface area contributed by atoms with Crippen molar-refractivity contribution >= 4 is 43.1 Å². The standard InChI is InChI=1S/C52H34/c1-2-13-35(14-3-1)36-25-29-39(30-26-36)43-17-6-7-19-45(43)40-31-27-37-28-32-41(34-42(37)33-40)51-47-20-8-10-22-49(47)52(50-23-11-9-21-48(50)51)46-24-12-16-38-15-4-5-18-44(38)46/h1-34H. The van der Waals surface area contributed by atoms with Gasteiger partial charge < -0.3 is 0 Å². The highest BCUT2D eigenvalue weighted by Gasteiger charge is 2.18. The van der Waals surface area contributed by atoms with E-state index in [1.807, 2.05) is 0 Å². The highest BCUT2D eigenvalue weighted by molar-refractivity contribution is 6.23. The molecule has 0 nitrogen and oxygen atoms in total. The first kappa shape index (κ1) is 30.1. The van der Waals surface area contributed by atoms with Gasteiger partial charge >= 0.3 is 0 Å². The highest BCUT2D eigenvalue weighted by Crippen LogP contribution is 2.46. The molecule has 52 heavy (non-hydrogen) atoms. The van der Waals surface area contributed by atoms with Gasteiger partial charge in [0, 0.05) is 0 Å². The second-order valence-corrected chi connectivity index (χ2v) is 13.6. The van der Waals surface area contributed by atoms with Crippen LogP contribution < -0.4 is 0 Å². The van der Waals surface area contributed by atoms with Crippen LogP contribution in [0.2, 0.25) is 0 Å². The first-order chi connectivity index (χ1) is 25.8. The average Bonchev–Trinajstić information content (AvgIpc) is 3.22. The molecule has 0 fully saturated rings. The zero-order chi connectivity index (χ0) is 34.4. The van der Waals surface area contributed by atoms with Crippen LogP contribution >= 0.6 is 0 Å². The molecule has 0 bridgehead atoms. The van der Waals surface area contributed by atoms with E-state index in [0.717, 1.165) is 0 Å². The molecular weight excluding hydrogens is 625 g/mol. The summed E-state index contributed by atoms with van der Waals surface area (Å²) in [6, 6.07) is 75.5. The van der Waals surface area contributed by atoms with E-state index < -0.39 is 0 Å². The lowest BCUT2D eigenvalue weighted by Gasteiger charge is -2.19. The summed E-state index contributed by atoms with van der Waals surface area (Å²) in [6.07, 6.45) is 0. The zero-order valence-electron chi connectivity index (χ0n) is 28.6. The summed E-state index contributed by atoms with van der Waals surface area (Å²) in [5.74, 6) is 0. The number of rotatable bonds is 5.